The lowest BCUT2D eigenvalue weighted by Gasteiger charge is -2.18. The Bertz CT molecular complexity index is 1360. The predicted octanol–water partition coefficient (Wildman–Crippen LogP) is 3.37. The SMILES string of the molecule is CCCc1c(C(=O)OCC)cc(CO)c(=O)n1Cc1ccc(-c2ccccc2-c2nn[nH]n2)cc1. The van der Waals surface area contributed by atoms with Crippen LogP contribution in [0.5, 0.6) is 0 Å². The first-order valence-corrected chi connectivity index (χ1v) is 11.5. The maximum absolute atomic E-state index is 13.1. The first-order chi connectivity index (χ1) is 17.1. The third kappa shape index (κ3) is 5.04. The summed E-state index contributed by atoms with van der Waals surface area (Å²) in [7, 11) is 0. The minimum Gasteiger partial charge on any atom is -0.462 e. The molecule has 9 nitrogen and oxygen atoms in total. The number of aliphatic hydroxyl groups excluding tert-OH is 1. The Balaban J connectivity index is 1.72. The van der Waals surface area contributed by atoms with Crippen molar-refractivity contribution in [1.29, 1.82) is 0 Å². The highest BCUT2D eigenvalue weighted by Gasteiger charge is 2.20. The van der Waals surface area contributed by atoms with Crippen molar-refractivity contribution in [3.8, 4) is 22.5 Å². The molecule has 2 heterocycles. The third-order valence-electron chi connectivity index (χ3n) is 5.75. The largest absolute Gasteiger partial charge is 0.462 e. The number of nitrogens with one attached hydrogen (secondary N) is 1. The lowest BCUT2D eigenvalue weighted by molar-refractivity contribution is 0.0523. The van der Waals surface area contributed by atoms with Crippen LogP contribution in [-0.4, -0.2) is 42.9 Å². The minimum absolute atomic E-state index is 0.165. The summed E-state index contributed by atoms with van der Waals surface area (Å²) in [5.41, 5.74) is 4.44. The van der Waals surface area contributed by atoms with Gasteiger partial charge in [0.25, 0.3) is 5.56 Å². The fourth-order valence-electron chi connectivity index (χ4n) is 4.11. The van der Waals surface area contributed by atoms with Crippen LogP contribution in [0, 0.1) is 0 Å². The van der Waals surface area contributed by atoms with E-state index < -0.39 is 12.6 Å². The summed E-state index contributed by atoms with van der Waals surface area (Å²) in [4.78, 5) is 25.7. The maximum Gasteiger partial charge on any atom is 0.339 e. The molecule has 4 aromatic rings. The fourth-order valence-corrected chi connectivity index (χ4v) is 4.11. The van der Waals surface area contributed by atoms with E-state index in [9.17, 15) is 14.7 Å². The number of aromatic amines is 1. The number of esters is 1. The van der Waals surface area contributed by atoms with Crippen molar-refractivity contribution in [1.82, 2.24) is 25.2 Å². The van der Waals surface area contributed by atoms with E-state index in [0.717, 1.165) is 28.7 Å². The molecule has 35 heavy (non-hydrogen) atoms. The molecule has 0 aliphatic rings. The first-order valence-electron chi connectivity index (χ1n) is 11.5. The molecule has 0 aliphatic heterocycles. The third-order valence-corrected chi connectivity index (χ3v) is 5.75. The molecule has 0 atom stereocenters. The van der Waals surface area contributed by atoms with E-state index >= 15 is 0 Å². The second kappa shape index (κ2) is 10.9. The number of benzene rings is 2. The van der Waals surface area contributed by atoms with Crippen LogP contribution in [0.4, 0.5) is 0 Å². The van der Waals surface area contributed by atoms with Crippen LogP contribution in [0.25, 0.3) is 22.5 Å². The summed E-state index contributed by atoms with van der Waals surface area (Å²) in [5.74, 6) is 0.0144. The number of H-pyrrole nitrogens is 1. The average molecular weight is 474 g/mol. The van der Waals surface area contributed by atoms with Crippen molar-refractivity contribution in [3.05, 3.63) is 87.3 Å². The van der Waals surface area contributed by atoms with Crippen molar-refractivity contribution in [3.63, 3.8) is 0 Å². The topological polar surface area (TPSA) is 123 Å². The summed E-state index contributed by atoms with van der Waals surface area (Å²) in [5, 5.41) is 24.1. The highest BCUT2D eigenvalue weighted by atomic mass is 16.5. The molecule has 0 saturated carbocycles. The zero-order valence-corrected chi connectivity index (χ0v) is 19.7. The number of carbonyl (C=O) groups excluding carboxylic acids is 1. The molecule has 0 bridgehead atoms. The molecule has 2 aromatic heterocycles. The first kappa shape index (κ1) is 24.0. The Labute approximate surface area is 202 Å². The van der Waals surface area contributed by atoms with E-state index in [1.807, 2.05) is 55.5 Å². The van der Waals surface area contributed by atoms with Crippen molar-refractivity contribution in [2.75, 3.05) is 6.61 Å². The van der Waals surface area contributed by atoms with Crippen molar-refractivity contribution in [2.24, 2.45) is 0 Å². The van der Waals surface area contributed by atoms with Crippen molar-refractivity contribution in [2.45, 2.75) is 39.8 Å². The van der Waals surface area contributed by atoms with Crippen LogP contribution in [0.3, 0.4) is 0 Å². The normalized spacial score (nSPS) is 10.9. The number of aliphatic hydroxyl groups is 1. The summed E-state index contributed by atoms with van der Waals surface area (Å²) in [6.07, 6.45) is 1.28. The number of rotatable bonds is 9. The molecule has 0 unspecified atom stereocenters. The van der Waals surface area contributed by atoms with Gasteiger partial charge in [-0.1, -0.05) is 61.9 Å². The number of ether oxygens (including phenoxy) is 1. The smallest absolute Gasteiger partial charge is 0.339 e. The molecule has 0 aliphatic carbocycles. The van der Waals surface area contributed by atoms with E-state index in [0.29, 0.717) is 23.5 Å². The van der Waals surface area contributed by atoms with Crippen LogP contribution in [0.1, 0.15) is 47.4 Å². The Morgan fingerprint density at radius 2 is 1.83 bits per heavy atom. The zero-order valence-electron chi connectivity index (χ0n) is 19.7. The molecular weight excluding hydrogens is 446 g/mol. The number of tetrazole rings is 1. The van der Waals surface area contributed by atoms with Gasteiger partial charge < -0.3 is 14.4 Å². The van der Waals surface area contributed by atoms with Gasteiger partial charge in [0, 0.05) is 16.8 Å². The second-order valence-corrected chi connectivity index (χ2v) is 8.03. The predicted molar refractivity (Wildman–Crippen MR) is 131 cm³/mol. The Morgan fingerprint density at radius 1 is 1.09 bits per heavy atom. The molecule has 0 saturated heterocycles. The molecule has 180 valence electrons. The Hall–Kier alpha value is -4.11. The van der Waals surface area contributed by atoms with Gasteiger partial charge in [-0.3, -0.25) is 4.79 Å². The average Bonchev–Trinajstić information content (AvgIpc) is 3.42. The van der Waals surface area contributed by atoms with Gasteiger partial charge in [0.05, 0.1) is 25.3 Å². The van der Waals surface area contributed by atoms with E-state index in [1.54, 1.807) is 11.5 Å². The van der Waals surface area contributed by atoms with Crippen LogP contribution >= 0.6 is 0 Å². The van der Waals surface area contributed by atoms with Crippen molar-refractivity contribution >= 4 is 5.97 Å². The summed E-state index contributed by atoms with van der Waals surface area (Å²) in [6, 6.07) is 17.1. The number of pyridine rings is 1. The van der Waals surface area contributed by atoms with Gasteiger partial charge in [-0.25, -0.2) is 4.79 Å². The van der Waals surface area contributed by atoms with Crippen LogP contribution in [0.2, 0.25) is 0 Å². The Morgan fingerprint density at radius 3 is 2.46 bits per heavy atom. The van der Waals surface area contributed by atoms with Gasteiger partial charge >= 0.3 is 5.97 Å². The quantitative estimate of drug-likeness (QED) is 0.357. The van der Waals surface area contributed by atoms with E-state index in [4.69, 9.17) is 4.74 Å². The summed E-state index contributed by atoms with van der Waals surface area (Å²) < 4.78 is 6.79. The molecule has 0 spiro atoms. The fraction of sp³-hybridized carbons (Fsp3) is 0.269. The van der Waals surface area contributed by atoms with Gasteiger partial charge in [-0.05, 0) is 41.3 Å². The van der Waals surface area contributed by atoms with Gasteiger partial charge in [0.1, 0.15) is 0 Å². The molecule has 0 amide bonds. The van der Waals surface area contributed by atoms with E-state index in [2.05, 4.69) is 20.6 Å². The number of nitrogens with zero attached hydrogens (tertiary/aromatic N) is 4. The molecular formula is C26H27N5O4. The highest BCUT2D eigenvalue weighted by molar-refractivity contribution is 5.91. The van der Waals surface area contributed by atoms with E-state index in [1.165, 1.54) is 6.07 Å². The molecule has 4 rings (SSSR count). The highest BCUT2D eigenvalue weighted by Crippen LogP contribution is 2.30. The maximum atomic E-state index is 13.1. The molecule has 0 fully saturated rings. The van der Waals surface area contributed by atoms with Crippen molar-refractivity contribution < 1.29 is 14.6 Å². The number of hydrogen-bond donors (Lipinski definition) is 2. The van der Waals surface area contributed by atoms with E-state index in [-0.39, 0.29) is 24.3 Å². The van der Waals surface area contributed by atoms with Gasteiger partial charge in [-0.2, -0.15) is 5.21 Å². The number of aromatic nitrogens is 5. The number of hydrogen-bond acceptors (Lipinski definition) is 7. The van der Waals surface area contributed by atoms with Crippen LogP contribution in [0.15, 0.2) is 59.4 Å². The molecule has 2 N–H and O–H groups in total. The van der Waals surface area contributed by atoms with Gasteiger partial charge in [0.15, 0.2) is 0 Å². The molecule has 9 heteroatoms. The lowest BCUT2D eigenvalue weighted by atomic mass is 9.98. The number of carbonyl (C=O) groups is 1. The van der Waals surface area contributed by atoms with Crippen LogP contribution < -0.4 is 5.56 Å². The van der Waals surface area contributed by atoms with Gasteiger partial charge in [0.2, 0.25) is 5.82 Å². The second-order valence-electron chi connectivity index (χ2n) is 8.03. The van der Waals surface area contributed by atoms with Gasteiger partial charge in [-0.15, -0.1) is 10.2 Å². The molecule has 0 radical (unpaired) electrons. The Kier molecular flexibility index (Phi) is 7.47. The summed E-state index contributed by atoms with van der Waals surface area (Å²) in [6.45, 7) is 3.76. The van der Waals surface area contributed by atoms with Crippen LogP contribution in [-0.2, 0) is 24.3 Å². The molecule has 2 aromatic carbocycles. The summed E-state index contributed by atoms with van der Waals surface area (Å²) >= 11 is 0. The monoisotopic (exact) mass is 473 g/mol. The standard InChI is InChI=1S/C26H27N5O4/c1-3-7-23-22(26(34)35-4-2)14-19(16-32)25(33)31(23)15-17-10-12-18(13-11-17)20-8-5-6-9-21(20)24-27-29-30-28-24/h5-6,8-14,32H,3-4,7,15-16H2,1-2H3,(H,27,28,29,30). The lowest BCUT2D eigenvalue weighted by Crippen LogP contribution is -2.30. The zero-order chi connectivity index (χ0) is 24.8. The minimum atomic E-state index is -0.493.